The molecule has 2 heterocycles. The molecule has 42 heavy (non-hydrogen) atoms. The van der Waals surface area contributed by atoms with E-state index in [2.05, 4.69) is 54.0 Å². The van der Waals surface area contributed by atoms with Crippen LogP contribution in [0.25, 0.3) is 0 Å². The molecule has 5 fully saturated rings. The zero-order valence-electron chi connectivity index (χ0n) is 24.3. The largest absolute Gasteiger partial charge is 0.490 e. The fourth-order valence-electron chi connectivity index (χ4n) is 9.68. The maximum atomic E-state index is 12.1. The number of hydrogen-bond acceptors (Lipinski definition) is 8. The van der Waals surface area contributed by atoms with Gasteiger partial charge in [-0.2, -0.15) is 0 Å². The van der Waals surface area contributed by atoms with Crippen molar-refractivity contribution in [1.29, 1.82) is 0 Å². The SMILES string of the molecule is C[C@H]1C[C@H]2[C@@H]3CCC4=C/C(=N/OCCOc5cccc(Br)c5)C=C[C@]4(C)[C@@]3(Cl)[C@@H](O)C[C@]2(C)[C@]12OCOC21COCO1. The fourth-order valence-corrected chi connectivity index (χ4v) is 10.6. The van der Waals surface area contributed by atoms with E-state index in [1.807, 2.05) is 30.3 Å². The van der Waals surface area contributed by atoms with Gasteiger partial charge in [0.2, 0.25) is 5.79 Å². The first-order valence-electron chi connectivity index (χ1n) is 14.9. The van der Waals surface area contributed by atoms with Crippen molar-refractivity contribution in [3.63, 3.8) is 0 Å². The Morgan fingerprint density at radius 2 is 1.98 bits per heavy atom. The third-order valence-corrected chi connectivity index (χ3v) is 12.8. The van der Waals surface area contributed by atoms with E-state index in [4.69, 9.17) is 40.1 Å². The molecular weight excluding hydrogens is 626 g/mol. The molecule has 228 valence electrons. The number of benzene rings is 1. The Bertz CT molecular complexity index is 1330. The van der Waals surface area contributed by atoms with Crippen LogP contribution >= 0.6 is 27.5 Å². The smallest absolute Gasteiger partial charge is 0.227 e. The third kappa shape index (κ3) is 3.87. The highest BCUT2D eigenvalue weighted by atomic mass is 79.9. The monoisotopic (exact) mass is 663 g/mol. The zero-order chi connectivity index (χ0) is 29.4. The number of alkyl halides is 1. The van der Waals surface area contributed by atoms with Crippen LogP contribution in [0.5, 0.6) is 5.75 Å². The maximum absolute atomic E-state index is 12.1. The lowest BCUT2D eigenvalue weighted by atomic mass is 9.45. The van der Waals surface area contributed by atoms with Crippen molar-refractivity contribution < 1.29 is 33.6 Å². The molecule has 1 unspecified atom stereocenters. The average Bonchev–Trinajstić information content (AvgIpc) is 3.65. The minimum atomic E-state index is -0.954. The lowest BCUT2D eigenvalue weighted by molar-refractivity contribution is -0.264. The van der Waals surface area contributed by atoms with Crippen LogP contribution < -0.4 is 4.74 Å². The van der Waals surface area contributed by atoms with E-state index in [0.717, 1.165) is 35.2 Å². The first-order valence-corrected chi connectivity index (χ1v) is 16.1. The first-order chi connectivity index (χ1) is 20.1. The summed E-state index contributed by atoms with van der Waals surface area (Å²) in [5, 5.41) is 16.5. The predicted octanol–water partition coefficient (Wildman–Crippen LogP) is 5.96. The molecule has 10 heteroatoms. The molecule has 8 nitrogen and oxygen atoms in total. The number of oxime groups is 1. The molecule has 2 spiro atoms. The van der Waals surface area contributed by atoms with Crippen LogP contribution in [0.15, 0.2) is 57.7 Å². The van der Waals surface area contributed by atoms with E-state index >= 15 is 0 Å². The molecule has 0 radical (unpaired) electrons. The Balaban J connectivity index is 1.10. The van der Waals surface area contributed by atoms with Gasteiger partial charge in [0.1, 0.15) is 30.3 Å². The molecule has 1 N–H and O–H groups in total. The van der Waals surface area contributed by atoms with Gasteiger partial charge in [-0.05, 0) is 73.8 Å². The van der Waals surface area contributed by atoms with Crippen LogP contribution in [0.2, 0.25) is 0 Å². The Labute approximate surface area is 260 Å². The number of aliphatic hydroxyl groups excluding tert-OH is 1. The summed E-state index contributed by atoms with van der Waals surface area (Å²) in [6.07, 6.45) is 8.59. The van der Waals surface area contributed by atoms with E-state index in [9.17, 15) is 5.11 Å². The van der Waals surface area contributed by atoms with Gasteiger partial charge in [-0.1, -0.05) is 59.6 Å². The van der Waals surface area contributed by atoms with E-state index in [0.29, 0.717) is 26.2 Å². The van der Waals surface area contributed by atoms with Crippen molar-refractivity contribution in [3.8, 4) is 5.75 Å². The third-order valence-electron chi connectivity index (χ3n) is 11.4. The molecule has 0 aromatic heterocycles. The molecule has 0 bridgehead atoms. The molecule has 1 aromatic rings. The molecule has 2 saturated heterocycles. The molecule has 9 atom stereocenters. The van der Waals surface area contributed by atoms with Gasteiger partial charge in [0.25, 0.3) is 0 Å². The van der Waals surface area contributed by atoms with Gasteiger partial charge in [-0.15, -0.1) is 11.6 Å². The predicted molar refractivity (Wildman–Crippen MR) is 160 cm³/mol. The van der Waals surface area contributed by atoms with E-state index in [-0.39, 0.29) is 31.3 Å². The van der Waals surface area contributed by atoms with Gasteiger partial charge in [0.15, 0.2) is 20.2 Å². The van der Waals surface area contributed by atoms with Crippen molar-refractivity contribution in [2.45, 2.75) is 68.8 Å². The maximum Gasteiger partial charge on any atom is 0.227 e. The second-order valence-corrected chi connectivity index (χ2v) is 14.7. The number of allylic oxidation sites excluding steroid dienone is 4. The van der Waals surface area contributed by atoms with Gasteiger partial charge in [-0.25, -0.2) is 0 Å². The molecule has 0 amide bonds. The Kier molecular flexibility index (Phi) is 7.17. The quantitative estimate of drug-likeness (QED) is 0.236. The van der Waals surface area contributed by atoms with Crippen LogP contribution in [0.1, 0.15) is 46.5 Å². The summed E-state index contributed by atoms with van der Waals surface area (Å²) in [6.45, 7) is 8.05. The van der Waals surface area contributed by atoms with Gasteiger partial charge in [0, 0.05) is 15.3 Å². The first kappa shape index (κ1) is 29.3. The van der Waals surface area contributed by atoms with Gasteiger partial charge < -0.3 is 33.6 Å². The van der Waals surface area contributed by atoms with Crippen molar-refractivity contribution in [3.05, 3.63) is 52.5 Å². The molecule has 3 saturated carbocycles. The lowest BCUT2D eigenvalue weighted by Gasteiger charge is -2.64. The van der Waals surface area contributed by atoms with E-state index in [1.165, 1.54) is 5.57 Å². The highest BCUT2D eigenvalue weighted by Crippen LogP contribution is 2.74. The van der Waals surface area contributed by atoms with Crippen LogP contribution in [0, 0.1) is 28.6 Å². The Morgan fingerprint density at radius 3 is 2.76 bits per heavy atom. The lowest BCUT2D eigenvalue weighted by Crippen LogP contribution is -2.71. The Morgan fingerprint density at radius 1 is 1.14 bits per heavy atom. The standard InChI is InChI=1S/C32H39BrClNO7/c1-20-13-26-25-8-7-21-14-23(35-42-12-11-38-24-6-4-5-22(33)15-24)9-10-28(21,2)31(25,34)27(36)16-29(26,3)32(20)30(40-19-41-32)17-37-18-39-30/h4-6,9-10,14-15,20,25-27,36H,7-8,11-13,16-19H2,1-3H3/b35-23+/t20-,25-,26-,27-,28-,29-,30?,31-,32+/m0/s1. The fraction of sp³-hybridized carbons (Fsp3) is 0.656. The highest BCUT2D eigenvalue weighted by molar-refractivity contribution is 9.10. The summed E-state index contributed by atoms with van der Waals surface area (Å²) in [5.41, 5.74) is 0.281. The van der Waals surface area contributed by atoms with Crippen molar-refractivity contribution >= 4 is 33.2 Å². The summed E-state index contributed by atoms with van der Waals surface area (Å²) < 4.78 is 31.3. The average molecular weight is 665 g/mol. The van der Waals surface area contributed by atoms with Gasteiger partial charge in [0.05, 0.1) is 11.0 Å². The van der Waals surface area contributed by atoms with Crippen molar-refractivity contribution in [2.75, 3.05) is 33.4 Å². The number of aliphatic hydroxyl groups is 1. The Hall–Kier alpha value is -1.46. The van der Waals surface area contributed by atoms with Gasteiger partial charge in [-0.3, -0.25) is 0 Å². The van der Waals surface area contributed by atoms with Gasteiger partial charge >= 0.3 is 0 Å². The topological polar surface area (TPSA) is 88.0 Å². The summed E-state index contributed by atoms with van der Waals surface area (Å²) in [6, 6.07) is 7.70. The van der Waals surface area contributed by atoms with Crippen LogP contribution in [0.3, 0.4) is 0 Å². The second kappa shape index (κ2) is 10.3. The van der Waals surface area contributed by atoms with Crippen LogP contribution in [0.4, 0.5) is 0 Å². The number of fused-ring (bicyclic) bond motifs is 7. The van der Waals surface area contributed by atoms with Crippen molar-refractivity contribution in [1.82, 2.24) is 0 Å². The van der Waals surface area contributed by atoms with Crippen LogP contribution in [-0.4, -0.2) is 66.6 Å². The van der Waals surface area contributed by atoms with E-state index in [1.54, 1.807) is 0 Å². The highest BCUT2D eigenvalue weighted by Gasteiger charge is 2.81. The molecule has 2 aliphatic heterocycles. The normalized spacial score (nSPS) is 46.5. The molecule has 1 aromatic carbocycles. The molecule has 6 aliphatic rings. The minimum Gasteiger partial charge on any atom is -0.490 e. The number of hydrogen-bond donors (Lipinski definition) is 1. The summed E-state index contributed by atoms with van der Waals surface area (Å²) in [5.74, 6) is 0.278. The zero-order valence-corrected chi connectivity index (χ0v) is 26.7. The number of halogens is 2. The summed E-state index contributed by atoms with van der Waals surface area (Å²) in [7, 11) is 0. The molecule has 4 aliphatic carbocycles. The minimum absolute atomic E-state index is 0.0787. The summed E-state index contributed by atoms with van der Waals surface area (Å²) >= 11 is 11.2. The number of rotatable bonds is 5. The summed E-state index contributed by atoms with van der Waals surface area (Å²) in [4.78, 5) is 4.73. The van der Waals surface area contributed by atoms with Crippen LogP contribution in [-0.2, 0) is 23.8 Å². The van der Waals surface area contributed by atoms with E-state index < -0.39 is 33.2 Å². The molecule has 7 rings (SSSR count). The number of nitrogens with zero attached hydrogens (tertiary/aromatic N) is 1. The second-order valence-electron chi connectivity index (χ2n) is 13.2. The van der Waals surface area contributed by atoms with Crippen molar-refractivity contribution in [2.24, 2.45) is 33.7 Å². The number of ether oxygens (including phenoxy) is 5. The molecular formula is C32H39BrClNO7.